The van der Waals surface area contributed by atoms with E-state index in [0.29, 0.717) is 13.1 Å². The minimum atomic E-state index is -1.16. The Kier molecular flexibility index (Phi) is 4.84. The first-order valence-electron chi connectivity index (χ1n) is 7.87. The molecule has 0 aliphatic carbocycles. The summed E-state index contributed by atoms with van der Waals surface area (Å²) >= 11 is 1.65. The molecule has 1 aliphatic heterocycles. The lowest BCUT2D eigenvalue weighted by Crippen LogP contribution is -2.39. The third-order valence-corrected chi connectivity index (χ3v) is 5.14. The van der Waals surface area contributed by atoms with E-state index in [1.807, 2.05) is 0 Å². The van der Waals surface area contributed by atoms with Crippen molar-refractivity contribution in [1.29, 1.82) is 0 Å². The molecule has 0 saturated carbocycles. The van der Waals surface area contributed by atoms with Gasteiger partial charge in [0.05, 0.1) is 23.1 Å². The van der Waals surface area contributed by atoms with Gasteiger partial charge in [-0.3, -0.25) is 4.79 Å². The highest BCUT2D eigenvalue weighted by Crippen LogP contribution is 2.29. The number of hydrogen-bond donors (Lipinski definition) is 1. The van der Waals surface area contributed by atoms with Crippen LogP contribution in [0.1, 0.15) is 57.4 Å². The van der Waals surface area contributed by atoms with Gasteiger partial charge in [-0.05, 0) is 19.3 Å². The maximum atomic E-state index is 12.6. The minimum Gasteiger partial charge on any atom is -0.476 e. The number of aromatic nitrogens is 3. The predicted octanol–water partition coefficient (Wildman–Crippen LogP) is 2.21. The summed E-state index contributed by atoms with van der Waals surface area (Å²) in [6.07, 6.45) is 5.19. The molecule has 1 unspecified atom stereocenters. The molecule has 8 heteroatoms. The van der Waals surface area contributed by atoms with Gasteiger partial charge in [0.2, 0.25) is 0 Å². The first-order chi connectivity index (χ1) is 11.6. The second-order valence-electron chi connectivity index (χ2n) is 5.71. The van der Waals surface area contributed by atoms with E-state index in [4.69, 9.17) is 5.11 Å². The number of carbonyl (C=O) groups excluding carboxylic acids is 1. The van der Waals surface area contributed by atoms with Crippen LogP contribution in [0.4, 0.5) is 0 Å². The minimum absolute atomic E-state index is 0.169. The Balaban J connectivity index is 1.71. The average Bonchev–Trinajstić information content (AvgIpc) is 3.10. The number of rotatable bonds is 4. The van der Waals surface area contributed by atoms with E-state index in [1.165, 1.54) is 6.20 Å². The summed E-state index contributed by atoms with van der Waals surface area (Å²) in [5.74, 6) is -1.12. The Hall–Kier alpha value is -2.35. The molecule has 1 atom stereocenters. The van der Waals surface area contributed by atoms with Gasteiger partial charge >= 0.3 is 5.97 Å². The largest absolute Gasteiger partial charge is 0.476 e. The predicted molar refractivity (Wildman–Crippen MR) is 88.4 cm³/mol. The van der Waals surface area contributed by atoms with Gasteiger partial charge in [-0.15, -0.1) is 11.3 Å². The molecule has 0 bridgehead atoms. The van der Waals surface area contributed by atoms with Gasteiger partial charge in [-0.2, -0.15) is 0 Å². The van der Waals surface area contributed by atoms with Crippen molar-refractivity contribution in [3.05, 3.63) is 39.9 Å². The summed E-state index contributed by atoms with van der Waals surface area (Å²) in [7, 11) is 0. The number of thiazole rings is 1. The molecule has 1 aliphatic rings. The standard InChI is InChI=1S/C16H18N4O3S/c1-2-11-9-24-14(19-11)10-4-3-5-20(8-10)15(21)12-6-18-13(7-17-12)16(22)23/h6-7,9-10H,2-5,8H2,1H3,(H,22,23). The van der Waals surface area contributed by atoms with Crippen molar-refractivity contribution in [2.75, 3.05) is 13.1 Å². The number of carboxylic acid groups (broad SMARTS) is 1. The molecular formula is C16H18N4O3S. The molecule has 0 radical (unpaired) electrons. The lowest BCUT2D eigenvalue weighted by Gasteiger charge is -2.31. The van der Waals surface area contributed by atoms with E-state index >= 15 is 0 Å². The van der Waals surface area contributed by atoms with Gasteiger partial charge in [0.25, 0.3) is 5.91 Å². The molecule has 2 aromatic heterocycles. The molecule has 126 valence electrons. The molecule has 2 aromatic rings. The second-order valence-corrected chi connectivity index (χ2v) is 6.60. The zero-order chi connectivity index (χ0) is 17.1. The maximum absolute atomic E-state index is 12.6. The number of likely N-dealkylation sites (tertiary alicyclic amines) is 1. The van der Waals surface area contributed by atoms with Crippen LogP contribution in [-0.2, 0) is 6.42 Å². The zero-order valence-corrected chi connectivity index (χ0v) is 14.1. The van der Waals surface area contributed by atoms with Gasteiger partial charge in [-0.1, -0.05) is 6.92 Å². The number of aromatic carboxylic acids is 1. The lowest BCUT2D eigenvalue weighted by atomic mass is 9.98. The first kappa shape index (κ1) is 16.5. The molecule has 1 N–H and O–H groups in total. The summed E-state index contributed by atoms with van der Waals surface area (Å²) in [5.41, 5.74) is 1.10. The number of hydrogen-bond acceptors (Lipinski definition) is 6. The van der Waals surface area contributed by atoms with Crippen molar-refractivity contribution < 1.29 is 14.7 Å². The highest BCUT2D eigenvalue weighted by molar-refractivity contribution is 7.09. The summed E-state index contributed by atoms with van der Waals surface area (Å²) in [5, 5.41) is 12.0. The molecule has 0 spiro atoms. The number of aryl methyl sites for hydroxylation is 1. The van der Waals surface area contributed by atoms with Crippen LogP contribution in [0.2, 0.25) is 0 Å². The van der Waals surface area contributed by atoms with Gasteiger partial charge in [0, 0.05) is 24.4 Å². The molecule has 1 amide bonds. The van der Waals surface area contributed by atoms with Gasteiger partial charge < -0.3 is 10.0 Å². The number of carbonyl (C=O) groups is 2. The third kappa shape index (κ3) is 3.43. The lowest BCUT2D eigenvalue weighted by molar-refractivity contribution is 0.0677. The monoisotopic (exact) mass is 346 g/mol. The van der Waals surface area contributed by atoms with Crippen LogP contribution < -0.4 is 0 Å². The SMILES string of the molecule is CCc1csc(C2CCCN(C(=O)c3cnc(C(=O)O)cn3)C2)n1. The molecule has 3 rings (SSSR count). The Morgan fingerprint density at radius 2 is 2.08 bits per heavy atom. The summed E-state index contributed by atoms with van der Waals surface area (Å²) in [4.78, 5) is 37.5. The van der Waals surface area contributed by atoms with E-state index in [-0.39, 0.29) is 23.2 Å². The van der Waals surface area contributed by atoms with E-state index in [9.17, 15) is 9.59 Å². The highest BCUT2D eigenvalue weighted by Gasteiger charge is 2.28. The maximum Gasteiger partial charge on any atom is 0.356 e. The van der Waals surface area contributed by atoms with Crippen LogP contribution in [0, 0.1) is 0 Å². The van der Waals surface area contributed by atoms with Crippen LogP contribution in [0.25, 0.3) is 0 Å². The van der Waals surface area contributed by atoms with Gasteiger partial charge in [0.1, 0.15) is 5.69 Å². The second kappa shape index (κ2) is 7.04. The molecule has 1 fully saturated rings. The fourth-order valence-corrected chi connectivity index (χ4v) is 3.78. The van der Waals surface area contributed by atoms with Crippen molar-refractivity contribution >= 4 is 23.2 Å². The number of piperidine rings is 1. The smallest absolute Gasteiger partial charge is 0.356 e. The van der Waals surface area contributed by atoms with Crippen LogP contribution in [0.5, 0.6) is 0 Å². The summed E-state index contributed by atoms with van der Waals surface area (Å²) in [6, 6.07) is 0. The Labute approximate surface area is 143 Å². The normalized spacial score (nSPS) is 17.7. The number of nitrogens with zero attached hydrogens (tertiary/aromatic N) is 4. The van der Waals surface area contributed by atoms with Crippen molar-refractivity contribution in [2.24, 2.45) is 0 Å². The van der Waals surface area contributed by atoms with Crippen molar-refractivity contribution in [3.8, 4) is 0 Å². The van der Waals surface area contributed by atoms with Crippen molar-refractivity contribution in [1.82, 2.24) is 19.9 Å². The van der Waals surface area contributed by atoms with Crippen LogP contribution in [0.15, 0.2) is 17.8 Å². The molecule has 0 aromatic carbocycles. The van der Waals surface area contributed by atoms with E-state index < -0.39 is 5.97 Å². The fraction of sp³-hybridized carbons (Fsp3) is 0.438. The number of carboxylic acids is 1. The topological polar surface area (TPSA) is 96.3 Å². The number of amides is 1. The molecule has 24 heavy (non-hydrogen) atoms. The van der Waals surface area contributed by atoms with Gasteiger partial charge in [0.15, 0.2) is 5.69 Å². The zero-order valence-electron chi connectivity index (χ0n) is 13.3. The Bertz CT molecular complexity index is 744. The highest BCUT2D eigenvalue weighted by atomic mass is 32.1. The third-order valence-electron chi connectivity index (χ3n) is 4.08. The molecular weight excluding hydrogens is 328 g/mol. The fourth-order valence-electron chi connectivity index (χ4n) is 2.75. The van der Waals surface area contributed by atoms with Crippen molar-refractivity contribution in [3.63, 3.8) is 0 Å². The summed E-state index contributed by atoms with van der Waals surface area (Å²) in [6.45, 7) is 3.36. The molecule has 1 saturated heterocycles. The van der Waals surface area contributed by atoms with E-state index in [1.54, 1.807) is 16.2 Å². The summed E-state index contributed by atoms with van der Waals surface area (Å²) < 4.78 is 0. The van der Waals surface area contributed by atoms with Crippen LogP contribution >= 0.6 is 11.3 Å². The Morgan fingerprint density at radius 3 is 2.71 bits per heavy atom. The van der Waals surface area contributed by atoms with E-state index in [2.05, 4.69) is 27.3 Å². The quantitative estimate of drug-likeness (QED) is 0.912. The molecule has 3 heterocycles. The van der Waals surface area contributed by atoms with E-state index in [0.717, 1.165) is 36.2 Å². The van der Waals surface area contributed by atoms with Crippen LogP contribution in [0.3, 0.4) is 0 Å². The first-order valence-corrected chi connectivity index (χ1v) is 8.75. The molecule has 7 nitrogen and oxygen atoms in total. The van der Waals surface area contributed by atoms with Crippen LogP contribution in [-0.4, -0.2) is 49.9 Å². The van der Waals surface area contributed by atoms with Gasteiger partial charge in [-0.25, -0.2) is 19.7 Å². The van der Waals surface area contributed by atoms with Crippen molar-refractivity contribution in [2.45, 2.75) is 32.1 Å². The Morgan fingerprint density at radius 1 is 1.33 bits per heavy atom. The average molecular weight is 346 g/mol.